The maximum atomic E-state index is 11.5. The van der Waals surface area contributed by atoms with Crippen LogP contribution in [-0.4, -0.2) is 36.5 Å². The predicted molar refractivity (Wildman–Crippen MR) is 74.6 cm³/mol. The molecule has 1 aliphatic carbocycles. The van der Waals surface area contributed by atoms with Gasteiger partial charge in [-0.05, 0) is 26.3 Å². The summed E-state index contributed by atoms with van der Waals surface area (Å²) in [6, 6.07) is 3.64. The average Bonchev–Trinajstić information content (AvgIpc) is 2.39. The second-order valence-electron chi connectivity index (χ2n) is 4.72. The number of nitrogens with one attached hydrogen (secondary N) is 1. The Morgan fingerprint density at radius 1 is 1.42 bits per heavy atom. The van der Waals surface area contributed by atoms with Crippen molar-refractivity contribution >= 4 is 5.69 Å². The number of ether oxygens (including phenoxy) is 2. The van der Waals surface area contributed by atoms with Gasteiger partial charge in [-0.2, -0.15) is 0 Å². The van der Waals surface area contributed by atoms with Crippen molar-refractivity contribution in [1.29, 1.82) is 0 Å². The fraction of sp³-hybridized carbons (Fsp3) is 0.643. The molecule has 106 valence electrons. The molecule has 2 rings (SSSR count). The molecular weight excluding hydrogens is 244 g/mol. The van der Waals surface area contributed by atoms with E-state index in [1.165, 1.54) is 0 Å². The standard InChI is InChI=1S/C14H22N2O3/c1-4-16-9-10(6-7-13(16)17)15-11-8-12(19-5-2)14(11)18-3/h6-7,9,11-12,14-15H,4-5,8H2,1-3H3. The second-order valence-corrected chi connectivity index (χ2v) is 4.72. The highest BCUT2D eigenvalue weighted by atomic mass is 16.5. The Bertz CT molecular complexity index is 472. The summed E-state index contributed by atoms with van der Waals surface area (Å²) in [5, 5.41) is 3.40. The van der Waals surface area contributed by atoms with Gasteiger partial charge in [-0.15, -0.1) is 0 Å². The van der Waals surface area contributed by atoms with Gasteiger partial charge < -0.3 is 19.4 Å². The number of aromatic nitrogens is 1. The molecule has 5 heteroatoms. The summed E-state index contributed by atoms with van der Waals surface area (Å²) in [6.45, 7) is 5.33. The molecule has 0 saturated heterocycles. The van der Waals surface area contributed by atoms with Gasteiger partial charge in [-0.3, -0.25) is 4.79 Å². The van der Waals surface area contributed by atoms with Crippen molar-refractivity contribution in [2.75, 3.05) is 19.0 Å². The molecule has 1 aromatic rings. The minimum atomic E-state index is 0.0251. The van der Waals surface area contributed by atoms with E-state index in [-0.39, 0.29) is 23.8 Å². The van der Waals surface area contributed by atoms with Gasteiger partial charge in [0.25, 0.3) is 5.56 Å². The van der Waals surface area contributed by atoms with Gasteiger partial charge in [0.15, 0.2) is 0 Å². The van der Waals surface area contributed by atoms with Crippen molar-refractivity contribution in [1.82, 2.24) is 4.57 Å². The third kappa shape index (κ3) is 2.98. The first kappa shape index (κ1) is 14.1. The number of nitrogens with zero attached hydrogens (tertiary/aromatic N) is 1. The minimum absolute atomic E-state index is 0.0251. The molecule has 0 spiro atoms. The highest BCUT2D eigenvalue weighted by molar-refractivity contribution is 5.42. The van der Waals surface area contributed by atoms with Gasteiger partial charge in [0, 0.05) is 32.5 Å². The molecule has 1 N–H and O–H groups in total. The summed E-state index contributed by atoms with van der Waals surface area (Å²) in [5.74, 6) is 0. The quantitative estimate of drug-likeness (QED) is 0.847. The molecule has 0 radical (unpaired) electrons. The summed E-state index contributed by atoms with van der Waals surface area (Å²) in [6.07, 6.45) is 3.02. The first-order chi connectivity index (χ1) is 9.19. The van der Waals surface area contributed by atoms with Gasteiger partial charge in [0.1, 0.15) is 6.10 Å². The fourth-order valence-electron chi connectivity index (χ4n) is 2.49. The van der Waals surface area contributed by atoms with E-state index >= 15 is 0 Å². The first-order valence-corrected chi connectivity index (χ1v) is 6.81. The molecule has 1 saturated carbocycles. The van der Waals surface area contributed by atoms with Crippen LogP contribution in [0.2, 0.25) is 0 Å². The van der Waals surface area contributed by atoms with E-state index in [0.717, 1.165) is 12.1 Å². The van der Waals surface area contributed by atoms with Crippen LogP contribution in [0.25, 0.3) is 0 Å². The summed E-state index contributed by atoms with van der Waals surface area (Å²) < 4.78 is 12.7. The molecule has 3 unspecified atom stereocenters. The number of methoxy groups -OCH3 is 1. The Labute approximate surface area is 113 Å². The smallest absolute Gasteiger partial charge is 0.250 e. The lowest BCUT2D eigenvalue weighted by atomic mass is 9.85. The monoisotopic (exact) mass is 266 g/mol. The van der Waals surface area contributed by atoms with E-state index in [1.807, 2.05) is 26.1 Å². The molecule has 19 heavy (non-hydrogen) atoms. The highest BCUT2D eigenvalue weighted by Crippen LogP contribution is 2.29. The van der Waals surface area contributed by atoms with Crippen LogP contribution in [-0.2, 0) is 16.0 Å². The Kier molecular flexibility index (Phi) is 4.61. The van der Waals surface area contributed by atoms with E-state index in [9.17, 15) is 4.79 Å². The number of aryl methyl sites for hydroxylation is 1. The topological polar surface area (TPSA) is 52.5 Å². The van der Waals surface area contributed by atoms with Gasteiger partial charge in [0.05, 0.1) is 17.8 Å². The van der Waals surface area contributed by atoms with Crippen LogP contribution in [0.15, 0.2) is 23.1 Å². The molecule has 3 atom stereocenters. The summed E-state index contributed by atoms with van der Waals surface area (Å²) in [4.78, 5) is 11.5. The zero-order valence-electron chi connectivity index (χ0n) is 11.8. The van der Waals surface area contributed by atoms with Crippen LogP contribution < -0.4 is 10.9 Å². The number of anilines is 1. The minimum Gasteiger partial charge on any atom is -0.378 e. The Morgan fingerprint density at radius 3 is 2.84 bits per heavy atom. The van der Waals surface area contributed by atoms with E-state index < -0.39 is 0 Å². The van der Waals surface area contributed by atoms with Crippen LogP contribution in [0, 0.1) is 0 Å². The summed E-state index contributed by atoms with van der Waals surface area (Å²) in [5.41, 5.74) is 0.973. The summed E-state index contributed by atoms with van der Waals surface area (Å²) >= 11 is 0. The number of rotatable bonds is 6. The number of hydrogen-bond acceptors (Lipinski definition) is 4. The Morgan fingerprint density at radius 2 is 2.21 bits per heavy atom. The zero-order chi connectivity index (χ0) is 13.8. The number of hydrogen-bond donors (Lipinski definition) is 1. The van der Waals surface area contributed by atoms with Crippen LogP contribution in [0.1, 0.15) is 20.3 Å². The predicted octanol–water partition coefficient (Wildman–Crippen LogP) is 1.47. The van der Waals surface area contributed by atoms with Crippen molar-refractivity contribution in [2.24, 2.45) is 0 Å². The third-order valence-corrected chi connectivity index (χ3v) is 3.58. The SMILES string of the molecule is CCOC1CC(Nc2ccc(=O)n(CC)c2)C1OC. The maximum absolute atomic E-state index is 11.5. The van der Waals surface area contributed by atoms with Crippen molar-refractivity contribution < 1.29 is 9.47 Å². The molecule has 5 nitrogen and oxygen atoms in total. The Hall–Kier alpha value is -1.33. The lowest BCUT2D eigenvalue weighted by molar-refractivity contribution is -0.118. The average molecular weight is 266 g/mol. The van der Waals surface area contributed by atoms with E-state index in [4.69, 9.17) is 9.47 Å². The molecule has 0 bridgehead atoms. The van der Waals surface area contributed by atoms with Crippen molar-refractivity contribution in [3.8, 4) is 0 Å². The molecule has 1 heterocycles. The van der Waals surface area contributed by atoms with Crippen molar-refractivity contribution in [3.05, 3.63) is 28.7 Å². The van der Waals surface area contributed by atoms with Crippen molar-refractivity contribution in [3.63, 3.8) is 0 Å². The lowest BCUT2D eigenvalue weighted by Gasteiger charge is -2.43. The second kappa shape index (κ2) is 6.21. The third-order valence-electron chi connectivity index (χ3n) is 3.58. The molecule has 1 aliphatic rings. The zero-order valence-corrected chi connectivity index (χ0v) is 11.8. The van der Waals surface area contributed by atoms with E-state index in [0.29, 0.717) is 13.2 Å². The molecule has 0 amide bonds. The van der Waals surface area contributed by atoms with E-state index in [2.05, 4.69) is 5.32 Å². The maximum Gasteiger partial charge on any atom is 0.250 e. The first-order valence-electron chi connectivity index (χ1n) is 6.81. The Balaban J connectivity index is 2.00. The van der Waals surface area contributed by atoms with Gasteiger partial charge in [0.2, 0.25) is 0 Å². The van der Waals surface area contributed by atoms with Gasteiger partial charge in [-0.25, -0.2) is 0 Å². The molecule has 0 aromatic carbocycles. The highest BCUT2D eigenvalue weighted by Gasteiger charge is 2.42. The summed E-state index contributed by atoms with van der Waals surface area (Å²) in [7, 11) is 1.71. The van der Waals surface area contributed by atoms with Crippen LogP contribution in [0.5, 0.6) is 0 Å². The molecular formula is C14H22N2O3. The van der Waals surface area contributed by atoms with Gasteiger partial charge in [-0.1, -0.05) is 0 Å². The van der Waals surface area contributed by atoms with Crippen LogP contribution >= 0.6 is 0 Å². The largest absolute Gasteiger partial charge is 0.378 e. The lowest BCUT2D eigenvalue weighted by Crippen LogP contribution is -2.56. The molecule has 1 fully saturated rings. The molecule has 1 aromatic heterocycles. The van der Waals surface area contributed by atoms with Crippen LogP contribution in [0.4, 0.5) is 5.69 Å². The molecule has 0 aliphatic heterocycles. The number of pyridine rings is 1. The fourth-order valence-corrected chi connectivity index (χ4v) is 2.49. The van der Waals surface area contributed by atoms with E-state index in [1.54, 1.807) is 17.7 Å². The normalized spacial score (nSPS) is 25.9. The van der Waals surface area contributed by atoms with Crippen LogP contribution in [0.3, 0.4) is 0 Å². The van der Waals surface area contributed by atoms with Gasteiger partial charge >= 0.3 is 0 Å². The van der Waals surface area contributed by atoms with Crippen molar-refractivity contribution in [2.45, 2.75) is 45.1 Å².